The van der Waals surface area contributed by atoms with E-state index in [9.17, 15) is 24.6 Å². The number of nitrogens with two attached hydrogens (primary N) is 1. The smallest absolute Gasteiger partial charge is 0.340 e. The summed E-state index contributed by atoms with van der Waals surface area (Å²) in [5.74, 6) is -3.02. The molecule has 6 fully saturated rings. The predicted molar refractivity (Wildman–Crippen MR) is 180 cm³/mol. The van der Waals surface area contributed by atoms with Crippen molar-refractivity contribution in [2.45, 2.75) is 87.6 Å². The number of benzene rings is 1. The van der Waals surface area contributed by atoms with Gasteiger partial charge in [-0.1, -0.05) is 26.0 Å². The molecule has 5 aliphatic carbocycles. The zero-order valence-corrected chi connectivity index (χ0v) is 29.9. The Bertz CT molecular complexity index is 1530. The summed E-state index contributed by atoms with van der Waals surface area (Å²) in [6, 6.07) is 6.16. The third kappa shape index (κ3) is 4.46. The SMILES string of the molecule is CCN1C[C@]2(COC(=O)c3ccccc3NC(=O)[C@H](C)CC(N)=O)CC[C@H](OC)[C@]34[C@@H]5C[C@H]6[C@H](OC)[C@@H]5[C@](O)(C[C@@H]6OC)[C@@](O)([C@H]13)[C@@H](OC)[C@H]24. The molecule has 2 amide bonds. The number of para-hydroxylation sites is 1. The van der Waals surface area contributed by atoms with Gasteiger partial charge in [0.05, 0.1) is 48.3 Å². The minimum Gasteiger partial charge on any atom is -0.461 e. The number of carbonyl (C=O) groups is 3. The lowest BCUT2D eigenvalue weighted by Gasteiger charge is -2.70. The van der Waals surface area contributed by atoms with E-state index in [2.05, 4.69) is 17.1 Å². The lowest BCUT2D eigenvalue weighted by Crippen LogP contribution is -2.82. The van der Waals surface area contributed by atoms with Gasteiger partial charge in [-0.25, -0.2) is 4.79 Å². The average molecular weight is 700 g/mol. The fourth-order valence-electron chi connectivity index (χ4n) is 12.7. The number of likely N-dealkylation sites (tertiary alicyclic amines) is 1. The van der Waals surface area contributed by atoms with Gasteiger partial charge < -0.3 is 44.9 Å². The van der Waals surface area contributed by atoms with Crippen LogP contribution in [-0.4, -0.2) is 123 Å². The maximum absolute atomic E-state index is 14.0. The normalized spacial score (nSPS) is 44.4. The van der Waals surface area contributed by atoms with E-state index in [1.54, 1.807) is 59.6 Å². The van der Waals surface area contributed by atoms with Crippen molar-refractivity contribution in [2.24, 2.45) is 46.2 Å². The van der Waals surface area contributed by atoms with Crippen LogP contribution in [0.1, 0.15) is 56.3 Å². The number of piperidine rings is 1. The first-order valence-corrected chi connectivity index (χ1v) is 18.0. The van der Waals surface area contributed by atoms with Gasteiger partial charge in [0.25, 0.3) is 0 Å². The molecule has 0 unspecified atom stereocenters. The molecule has 1 spiro atoms. The molecule has 5 saturated carbocycles. The van der Waals surface area contributed by atoms with Crippen molar-refractivity contribution in [3.05, 3.63) is 29.8 Å². The molecule has 0 aromatic heterocycles. The summed E-state index contributed by atoms with van der Waals surface area (Å²) in [5.41, 5.74) is 1.21. The minimum absolute atomic E-state index is 0.0402. The Morgan fingerprint density at radius 1 is 1.08 bits per heavy atom. The molecule has 1 heterocycles. The van der Waals surface area contributed by atoms with Gasteiger partial charge in [-0.2, -0.15) is 0 Å². The van der Waals surface area contributed by atoms with Gasteiger partial charge in [-0.05, 0) is 43.9 Å². The van der Waals surface area contributed by atoms with Crippen LogP contribution in [0.15, 0.2) is 24.3 Å². The first-order chi connectivity index (χ1) is 23.8. The third-order valence-electron chi connectivity index (χ3n) is 14.2. The largest absolute Gasteiger partial charge is 0.461 e. The quantitative estimate of drug-likeness (QED) is 0.233. The Kier molecular flexibility index (Phi) is 8.93. The lowest BCUT2D eigenvalue weighted by atomic mass is 9.42. The summed E-state index contributed by atoms with van der Waals surface area (Å²) in [7, 11) is 6.69. The number of nitrogens with one attached hydrogen (secondary N) is 1. The minimum atomic E-state index is -1.70. The predicted octanol–water partition coefficient (Wildman–Crippen LogP) is 1.59. The highest BCUT2D eigenvalue weighted by atomic mass is 16.5. The molecule has 7 rings (SSSR count). The summed E-state index contributed by atoms with van der Waals surface area (Å²) >= 11 is 0. The number of nitrogens with zero attached hydrogens (tertiary/aromatic N) is 1. The van der Waals surface area contributed by atoms with Gasteiger partial charge in [-0.3, -0.25) is 14.5 Å². The number of amides is 2. The average Bonchev–Trinajstić information content (AvgIpc) is 3.52. The van der Waals surface area contributed by atoms with E-state index in [1.165, 1.54) is 0 Å². The second kappa shape index (κ2) is 12.5. The van der Waals surface area contributed by atoms with E-state index in [0.29, 0.717) is 25.9 Å². The topological polar surface area (TPSA) is 179 Å². The maximum Gasteiger partial charge on any atom is 0.340 e. The van der Waals surface area contributed by atoms with Crippen LogP contribution < -0.4 is 11.1 Å². The second-order valence-corrected chi connectivity index (χ2v) is 15.9. The number of anilines is 1. The molecular formula is C37H53N3O10. The van der Waals surface area contributed by atoms with Crippen LogP contribution in [0.2, 0.25) is 0 Å². The monoisotopic (exact) mass is 699 g/mol. The van der Waals surface area contributed by atoms with Crippen LogP contribution in [-0.2, 0) is 33.3 Å². The van der Waals surface area contributed by atoms with E-state index in [0.717, 1.165) is 6.42 Å². The lowest BCUT2D eigenvalue weighted by molar-refractivity contribution is -0.320. The molecule has 7 bridgehead atoms. The van der Waals surface area contributed by atoms with Gasteiger partial charge in [0, 0.05) is 82.3 Å². The number of esters is 1. The molecule has 1 saturated heterocycles. The van der Waals surface area contributed by atoms with Gasteiger partial charge in [-0.15, -0.1) is 0 Å². The summed E-state index contributed by atoms with van der Waals surface area (Å²) in [6.07, 6.45) is 0.586. The van der Waals surface area contributed by atoms with Crippen molar-refractivity contribution >= 4 is 23.5 Å². The highest BCUT2D eigenvalue weighted by molar-refractivity contribution is 6.02. The Hall–Kier alpha value is -2.65. The number of rotatable bonds is 12. The van der Waals surface area contributed by atoms with Crippen LogP contribution in [0.25, 0.3) is 0 Å². The summed E-state index contributed by atoms with van der Waals surface area (Å²) < 4.78 is 31.3. The Morgan fingerprint density at radius 2 is 1.82 bits per heavy atom. The Morgan fingerprint density at radius 3 is 2.46 bits per heavy atom. The van der Waals surface area contributed by atoms with E-state index in [4.69, 9.17) is 29.4 Å². The van der Waals surface area contributed by atoms with Gasteiger partial charge in [0.1, 0.15) is 11.2 Å². The first kappa shape index (κ1) is 35.7. The molecule has 50 heavy (non-hydrogen) atoms. The second-order valence-electron chi connectivity index (χ2n) is 15.9. The molecule has 14 atom stereocenters. The number of methoxy groups -OCH3 is 4. The number of ether oxygens (including phenoxy) is 5. The van der Waals surface area contributed by atoms with Crippen LogP contribution in [0.3, 0.4) is 0 Å². The molecule has 1 aliphatic heterocycles. The van der Waals surface area contributed by atoms with Crippen molar-refractivity contribution < 1.29 is 48.3 Å². The summed E-state index contributed by atoms with van der Waals surface area (Å²) in [4.78, 5) is 40.5. The van der Waals surface area contributed by atoms with Crippen molar-refractivity contribution in [1.29, 1.82) is 0 Å². The molecule has 5 N–H and O–H groups in total. The molecule has 6 aliphatic rings. The molecule has 276 valence electrons. The molecular weight excluding hydrogens is 646 g/mol. The summed E-state index contributed by atoms with van der Waals surface area (Å²) in [6.45, 7) is 4.84. The number of hydrogen-bond acceptors (Lipinski definition) is 11. The van der Waals surface area contributed by atoms with E-state index < -0.39 is 57.9 Å². The standard InChI is InChI=1S/C37H53N3O10/c1-7-40-17-34(18-50-32(43)20-10-8-9-11-23(20)39-31(42)19(2)14-26(38)41)13-12-25(47-4)36-22-15-21-24(46-3)16-35(44,27(22)28(21)48-5)37(45,33(36)40)30(49-6)29(34)36/h8-11,19,21-22,24-25,27-30,33,44-45H,7,12-18H2,1-6H3,(H2,38,41)(H,39,42)/t19-,21-,22-,24+,25+,27-,28+,29-,30+,33-,34+,35-,36+,37+/m1/s1. The zero-order valence-electron chi connectivity index (χ0n) is 29.9. The first-order valence-electron chi connectivity index (χ1n) is 18.0. The van der Waals surface area contributed by atoms with Crippen molar-refractivity contribution in [1.82, 2.24) is 4.90 Å². The molecule has 13 nitrogen and oxygen atoms in total. The number of carbonyl (C=O) groups excluding carboxylic acids is 3. The van der Waals surface area contributed by atoms with Crippen LogP contribution in [0.5, 0.6) is 0 Å². The van der Waals surface area contributed by atoms with Crippen molar-refractivity contribution in [3.8, 4) is 0 Å². The Labute approximate surface area is 293 Å². The van der Waals surface area contributed by atoms with Gasteiger partial charge >= 0.3 is 5.97 Å². The van der Waals surface area contributed by atoms with Crippen LogP contribution >= 0.6 is 0 Å². The number of fused-ring (bicyclic) bond motifs is 2. The fourth-order valence-corrected chi connectivity index (χ4v) is 12.7. The highest BCUT2D eigenvalue weighted by Gasteiger charge is 2.91. The van der Waals surface area contributed by atoms with Gasteiger partial charge in [0.2, 0.25) is 11.8 Å². The van der Waals surface area contributed by atoms with E-state index in [-0.39, 0.29) is 72.7 Å². The van der Waals surface area contributed by atoms with E-state index >= 15 is 0 Å². The molecule has 13 heteroatoms. The number of hydrogen-bond donors (Lipinski definition) is 4. The number of primary amides is 1. The van der Waals surface area contributed by atoms with Crippen LogP contribution in [0, 0.1) is 40.4 Å². The third-order valence-corrected chi connectivity index (χ3v) is 14.2. The molecule has 1 aromatic carbocycles. The molecule has 1 aromatic rings. The zero-order chi connectivity index (χ0) is 36.0. The van der Waals surface area contributed by atoms with Gasteiger partial charge in [0.15, 0.2) is 0 Å². The van der Waals surface area contributed by atoms with Crippen LogP contribution in [0.4, 0.5) is 5.69 Å². The number of aliphatic hydroxyl groups is 2. The van der Waals surface area contributed by atoms with Crippen molar-refractivity contribution in [3.63, 3.8) is 0 Å². The Balaban J connectivity index is 1.29. The van der Waals surface area contributed by atoms with E-state index in [1.807, 2.05) is 0 Å². The van der Waals surface area contributed by atoms with Crippen molar-refractivity contribution in [2.75, 3.05) is 53.5 Å². The fraction of sp³-hybridized carbons (Fsp3) is 0.757. The number of likely N-dealkylation sites (N-methyl/N-ethyl adjacent to an activating group) is 1. The maximum atomic E-state index is 14.0. The molecule has 0 radical (unpaired) electrons. The highest BCUT2D eigenvalue weighted by Crippen LogP contribution is 2.80. The summed E-state index contributed by atoms with van der Waals surface area (Å²) in [5, 5.41) is 29.3.